The molecule has 3 heterocycles. The second-order valence-electron chi connectivity index (χ2n) is 9.39. The van der Waals surface area contributed by atoms with Crippen LogP contribution in [0.3, 0.4) is 0 Å². The summed E-state index contributed by atoms with van der Waals surface area (Å²) in [6.45, 7) is 4.12. The molecule has 0 radical (unpaired) electrons. The lowest BCUT2D eigenvalue weighted by atomic mass is 9.86. The smallest absolute Gasteiger partial charge is 0.251 e. The molecule has 1 amide bonds. The predicted octanol–water partition coefficient (Wildman–Crippen LogP) is 5.38. The first-order valence-electron chi connectivity index (χ1n) is 11.6. The van der Waals surface area contributed by atoms with Gasteiger partial charge in [0.05, 0.1) is 25.3 Å². The van der Waals surface area contributed by atoms with E-state index in [4.69, 9.17) is 21.1 Å². The van der Waals surface area contributed by atoms with E-state index in [1.165, 1.54) is 25.3 Å². The quantitative estimate of drug-likeness (QED) is 0.344. The first-order valence-corrected chi connectivity index (χ1v) is 11.9. The van der Waals surface area contributed by atoms with E-state index in [1.807, 2.05) is 19.9 Å². The topological polar surface area (TPSA) is 90.4 Å². The highest BCUT2D eigenvalue weighted by atomic mass is 35.5. The molecule has 0 bridgehead atoms. The number of pyridine rings is 2. The first-order chi connectivity index (χ1) is 17.7. The molecule has 37 heavy (non-hydrogen) atoms. The lowest BCUT2D eigenvalue weighted by Crippen LogP contribution is -2.30. The minimum absolute atomic E-state index is 0.0599. The highest BCUT2D eigenvalue weighted by Gasteiger charge is 2.36. The zero-order valence-corrected chi connectivity index (χ0v) is 21.1. The van der Waals surface area contributed by atoms with E-state index in [1.54, 1.807) is 30.5 Å². The Kier molecular flexibility index (Phi) is 6.29. The Morgan fingerprint density at radius 2 is 2.00 bits per heavy atom. The first kappa shape index (κ1) is 24.6. The average Bonchev–Trinajstić information content (AvgIpc) is 3.21. The van der Waals surface area contributed by atoms with E-state index >= 15 is 0 Å². The molecular weight excluding hydrogens is 497 g/mol. The molecule has 0 saturated heterocycles. The lowest BCUT2D eigenvalue weighted by Gasteiger charge is -2.17. The number of carbonyl (C=O) groups excluding carboxylic acids is 2. The third-order valence-electron chi connectivity index (χ3n) is 6.32. The molecular formula is C28H23ClFN3O4. The number of methoxy groups -OCH3 is 1. The maximum atomic E-state index is 13.8. The fraction of sp³-hybridized carbons (Fsp3) is 0.214. The van der Waals surface area contributed by atoms with Crippen LogP contribution in [-0.2, 0) is 5.41 Å². The van der Waals surface area contributed by atoms with Crippen molar-refractivity contribution in [3.8, 4) is 22.8 Å². The zero-order chi connectivity index (χ0) is 26.3. The van der Waals surface area contributed by atoms with Crippen LogP contribution in [0, 0.1) is 5.82 Å². The number of aromatic nitrogens is 2. The summed E-state index contributed by atoms with van der Waals surface area (Å²) < 4.78 is 25.1. The molecule has 0 fully saturated rings. The summed E-state index contributed by atoms with van der Waals surface area (Å²) >= 11 is 6.00. The second kappa shape index (κ2) is 9.44. The van der Waals surface area contributed by atoms with Crippen LogP contribution >= 0.6 is 11.6 Å². The highest BCUT2D eigenvalue weighted by Crippen LogP contribution is 2.44. The number of nitrogens with zero attached hydrogens (tertiary/aromatic N) is 2. The summed E-state index contributed by atoms with van der Waals surface area (Å²) in [5.74, 6) is -0.389. The molecule has 0 unspecified atom stereocenters. The van der Waals surface area contributed by atoms with Crippen molar-refractivity contribution in [2.75, 3.05) is 20.3 Å². The van der Waals surface area contributed by atoms with Crippen LogP contribution in [0.4, 0.5) is 4.39 Å². The number of amides is 1. The van der Waals surface area contributed by atoms with Crippen molar-refractivity contribution in [3.05, 3.63) is 82.4 Å². The van der Waals surface area contributed by atoms with Gasteiger partial charge in [0.15, 0.2) is 5.78 Å². The van der Waals surface area contributed by atoms with Crippen LogP contribution < -0.4 is 14.8 Å². The number of Topliss-reactive ketones (excluding diaryl/α,β-unsaturated/α-hetero) is 1. The van der Waals surface area contributed by atoms with E-state index in [0.29, 0.717) is 40.4 Å². The van der Waals surface area contributed by atoms with Crippen molar-refractivity contribution in [1.29, 1.82) is 0 Å². The molecule has 1 N–H and O–H groups in total. The largest absolute Gasteiger partial charge is 0.494 e. The molecule has 188 valence electrons. The minimum atomic E-state index is -0.556. The van der Waals surface area contributed by atoms with Gasteiger partial charge in [-0.3, -0.25) is 14.6 Å². The van der Waals surface area contributed by atoms with E-state index in [0.717, 1.165) is 10.9 Å². The van der Waals surface area contributed by atoms with Crippen molar-refractivity contribution in [3.63, 3.8) is 0 Å². The number of fused-ring (bicyclic) bond motifs is 2. The second-order valence-corrected chi connectivity index (χ2v) is 9.80. The molecule has 1 aliphatic heterocycles. The Labute approximate surface area is 217 Å². The zero-order valence-electron chi connectivity index (χ0n) is 20.4. The molecule has 2 aromatic heterocycles. The average molecular weight is 520 g/mol. The van der Waals surface area contributed by atoms with Gasteiger partial charge < -0.3 is 14.8 Å². The number of carbonyl (C=O) groups is 2. The molecule has 0 atom stereocenters. The fourth-order valence-corrected chi connectivity index (χ4v) is 4.47. The Hall–Kier alpha value is -4.04. The maximum Gasteiger partial charge on any atom is 0.251 e. The molecule has 9 heteroatoms. The van der Waals surface area contributed by atoms with Gasteiger partial charge in [-0.2, -0.15) is 0 Å². The van der Waals surface area contributed by atoms with Crippen molar-refractivity contribution >= 4 is 34.2 Å². The summed E-state index contributed by atoms with van der Waals surface area (Å²) in [5, 5.41) is 3.35. The van der Waals surface area contributed by atoms with Crippen LogP contribution in [0.2, 0.25) is 5.02 Å². The van der Waals surface area contributed by atoms with Gasteiger partial charge in [0.1, 0.15) is 34.2 Å². The number of hydrogen-bond donors (Lipinski definition) is 1. The van der Waals surface area contributed by atoms with Crippen molar-refractivity contribution in [2.24, 2.45) is 0 Å². The Morgan fingerprint density at radius 3 is 2.76 bits per heavy atom. The number of nitrogens with one attached hydrogen (secondary N) is 1. The van der Waals surface area contributed by atoms with Gasteiger partial charge in [-0.1, -0.05) is 31.5 Å². The highest BCUT2D eigenvalue weighted by molar-refractivity contribution is 6.31. The van der Waals surface area contributed by atoms with Crippen LogP contribution in [-0.4, -0.2) is 41.9 Å². The molecule has 7 nitrogen and oxygen atoms in total. The van der Waals surface area contributed by atoms with E-state index in [9.17, 15) is 14.0 Å². The van der Waals surface area contributed by atoms with Gasteiger partial charge in [-0.15, -0.1) is 0 Å². The van der Waals surface area contributed by atoms with Gasteiger partial charge in [0, 0.05) is 33.7 Å². The molecule has 0 aliphatic carbocycles. The Balaban J connectivity index is 1.44. The molecule has 4 aromatic rings. The van der Waals surface area contributed by atoms with Gasteiger partial charge in [-0.25, -0.2) is 9.37 Å². The lowest BCUT2D eigenvalue weighted by molar-refractivity contribution is 0.0902. The van der Waals surface area contributed by atoms with Gasteiger partial charge >= 0.3 is 0 Å². The summed E-state index contributed by atoms with van der Waals surface area (Å²) in [7, 11) is 1.51. The number of ketones is 1. The summed E-state index contributed by atoms with van der Waals surface area (Å²) in [6.07, 6.45) is 1.65. The molecule has 1 aliphatic rings. The number of rotatable bonds is 6. The minimum Gasteiger partial charge on any atom is -0.494 e. The molecule has 2 aromatic carbocycles. The number of halogens is 2. The summed E-state index contributed by atoms with van der Waals surface area (Å²) in [5.41, 5.74) is 2.49. The van der Waals surface area contributed by atoms with Crippen LogP contribution in [0.25, 0.3) is 22.2 Å². The number of ether oxygens (including phenoxy) is 2. The third kappa shape index (κ3) is 4.60. The fourth-order valence-electron chi connectivity index (χ4n) is 4.29. The Morgan fingerprint density at radius 1 is 1.19 bits per heavy atom. The van der Waals surface area contributed by atoms with Crippen LogP contribution in [0.15, 0.2) is 54.7 Å². The summed E-state index contributed by atoms with van der Waals surface area (Å²) in [4.78, 5) is 34.9. The molecule has 5 rings (SSSR count). The van der Waals surface area contributed by atoms with E-state index < -0.39 is 11.7 Å². The van der Waals surface area contributed by atoms with Gasteiger partial charge in [0.2, 0.25) is 0 Å². The standard InChI is InChI=1S/C28H23ClFN3O4/c1-28(2)14-37-26-18(28)12-21(33-25(26)16-6-7-20(30)19(29)10-16)22(34)13-32-27(35)17-9-15-5-4-8-31-24(15)23(11-17)36-3/h4-12H,13-14H2,1-3H3,(H,32,35). The normalized spacial score (nSPS) is 13.6. The van der Waals surface area contributed by atoms with Crippen molar-refractivity contribution in [2.45, 2.75) is 19.3 Å². The Bertz CT molecular complexity index is 1570. The molecule has 0 saturated carbocycles. The van der Waals surface area contributed by atoms with E-state index in [2.05, 4.69) is 15.3 Å². The van der Waals surface area contributed by atoms with Gasteiger partial charge in [-0.05, 0) is 42.5 Å². The molecule has 0 spiro atoms. The number of benzene rings is 2. The van der Waals surface area contributed by atoms with Crippen LogP contribution in [0.1, 0.15) is 40.3 Å². The van der Waals surface area contributed by atoms with Gasteiger partial charge in [0.25, 0.3) is 5.91 Å². The van der Waals surface area contributed by atoms with Crippen molar-refractivity contribution in [1.82, 2.24) is 15.3 Å². The summed E-state index contributed by atoms with van der Waals surface area (Å²) in [6, 6.07) is 12.8. The van der Waals surface area contributed by atoms with Crippen LogP contribution in [0.5, 0.6) is 11.5 Å². The third-order valence-corrected chi connectivity index (χ3v) is 6.61. The van der Waals surface area contributed by atoms with E-state index in [-0.39, 0.29) is 28.5 Å². The van der Waals surface area contributed by atoms with Crippen molar-refractivity contribution < 1.29 is 23.5 Å². The maximum absolute atomic E-state index is 13.8. The SMILES string of the molecule is COc1cc(C(=O)NCC(=O)c2cc3c(c(-c4ccc(F)c(Cl)c4)n2)OCC3(C)C)cc2cccnc12. The predicted molar refractivity (Wildman–Crippen MR) is 138 cm³/mol. The number of hydrogen-bond acceptors (Lipinski definition) is 6. The monoisotopic (exact) mass is 519 g/mol.